The third-order valence-corrected chi connectivity index (χ3v) is 4.52. The largest absolute Gasteiger partial charge is 0.467 e. The van der Waals surface area contributed by atoms with Crippen molar-refractivity contribution in [2.75, 3.05) is 26.3 Å². The monoisotopic (exact) mass is 322 g/mol. The summed E-state index contributed by atoms with van der Waals surface area (Å²) in [6, 6.07) is 3.74. The molecule has 2 aromatic heterocycles. The molecule has 22 heavy (non-hydrogen) atoms. The molecule has 7 nitrogen and oxygen atoms in total. The maximum atomic E-state index is 12.4. The lowest BCUT2D eigenvalue weighted by Crippen LogP contribution is -2.44. The molecule has 1 saturated heterocycles. The Bertz CT molecular complexity index is 607. The quantitative estimate of drug-likeness (QED) is 0.772. The molecule has 0 aliphatic carbocycles. The molecule has 1 unspecified atom stereocenters. The van der Waals surface area contributed by atoms with Crippen molar-refractivity contribution in [3.8, 4) is 0 Å². The second-order valence-electron chi connectivity index (χ2n) is 5.02. The third kappa shape index (κ3) is 3.50. The highest BCUT2D eigenvalue weighted by Crippen LogP contribution is 2.23. The molecule has 0 N–H and O–H groups in total. The van der Waals surface area contributed by atoms with E-state index in [2.05, 4.69) is 10.2 Å². The minimum atomic E-state index is -0.211. The van der Waals surface area contributed by atoms with Gasteiger partial charge in [0.2, 0.25) is 5.91 Å². The average Bonchev–Trinajstić information content (AvgIpc) is 3.20. The summed E-state index contributed by atoms with van der Waals surface area (Å²) in [7, 11) is 0. The Kier molecular flexibility index (Phi) is 4.79. The molecule has 8 heteroatoms. The summed E-state index contributed by atoms with van der Waals surface area (Å²) in [4.78, 5) is 14.3. The molecule has 0 saturated carbocycles. The predicted molar refractivity (Wildman–Crippen MR) is 80.6 cm³/mol. The smallest absolute Gasteiger partial charge is 0.236 e. The first-order valence-corrected chi connectivity index (χ1v) is 8.05. The summed E-state index contributed by atoms with van der Waals surface area (Å²) >= 11 is 1.42. The number of furan rings is 1. The number of hydrogen-bond donors (Lipinski definition) is 0. The van der Waals surface area contributed by atoms with Crippen molar-refractivity contribution < 1.29 is 13.9 Å². The zero-order chi connectivity index (χ0) is 15.4. The van der Waals surface area contributed by atoms with Gasteiger partial charge in [0.15, 0.2) is 5.16 Å². The minimum absolute atomic E-state index is 0.112. The topological polar surface area (TPSA) is 73.4 Å². The van der Waals surface area contributed by atoms with Crippen LogP contribution in [0.25, 0.3) is 0 Å². The average molecular weight is 322 g/mol. The molecule has 3 heterocycles. The molecule has 2 aromatic rings. The molecular weight excluding hydrogens is 304 g/mol. The van der Waals surface area contributed by atoms with Gasteiger partial charge in [-0.2, -0.15) is 0 Å². The number of carbonyl (C=O) groups is 1. The van der Waals surface area contributed by atoms with Gasteiger partial charge < -0.3 is 18.6 Å². The van der Waals surface area contributed by atoms with Crippen LogP contribution < -0.4 is 0 Å². The lowest BCUT2D eigenvalue weighted by Gasteiger charge is -2.28. The summed E-state index contributed by atoms with van der Waals surface area (Å²) in [6.45, 7) is 4.98. The summed E-state index contributed by atoms with van der Waals surface area (Å²) in [5.74, 6) is 0.939. The summed E-state index contributed by atoms with van der Waals surface area (Å²) < 4.78 is 12.5. The molecule has 1 aliphatic rings. The maximum Gasteiger partial charge on any atom is 0.236 e. The van der Waals surface area contributed by atoms with Crippen LogP contribution in [0.1, 0.15) is 12.7 Å². The fraction of sp³-hybridized carbons (Fsp3) is 0.500. The number of amides is 1. The summed E-state index contributed by atoms with van der Waals surface area (Å²) in [6.07, 6.45) is 3.29. The van der Waals surface area contributed by atoms with Crippen molar-refractivity contribution in [3.05, 3.63) is 30.5 Å². The molecule has 0 radical (unpaired) electrons. The van der Waals surface area contributed by atoms with Crippen molar-refractivity contribution in [1.29, 1.82) is 0 Å². The molecule has 1 aliphatic heterocycles. The Hall–Kier alpha value is -1.80. The zero-order valence-electron chi connectivity index (χ0n) is 12.3. The lowest BCUT2D eigenvalue weighted by molar-refractivity contribution is -0.134. The van der Waals surface area contributed by atoms with Crippen LogP contribution in [0.5, 0.6) is 0 Å². The Labute approximate surface area is 132 Å². The molecule has 1 amide bonds. The zero-order valence-corrected chi connectivity index (χ0v) is 13.2. The Morgan fingerprint density at radius 2 is 2.27 bits per heavy atom. The predicted octanol–water partition coefficient (Wildman–Crippen LogP) is 1.26. The number of nitrogens with zero attached hydrogens (tertiary/aromatic N) is 4. The standard InChI is InChI=1S/C14H18N4O3S/c1-11(13(19)17-4-7-20-8-5-17)22-14-16-15-10-18(14)9-12-3-2-6-21-12/h2-3,6,10-11H,4-5,7-9H2,1H3. The fourth-order valence-corrected chi connectivity index (χ4v) is 3.17. The van der Waals surface area contributed by atoms with Gasteiger partial charge >= 0.3 is 0 Å². The molecule has 118 valence electrons. The molecule has 0 spiro atoms. The van der Waals surface area contributed by atoms with E-state index in [1.165, 1.54) is 11.8 Å². The van der Waals surface area contributed by atoms with Gasteiger partial charge in [-0.05, 0) is 19.1 Å². The second kappa shape index (κ2) is 6.97. The number of hydrogen-bond acceptors (Lipinski definition) is 6. The van der Waals surface area contributed by atoms with Gasteiger partial charge in [0, 0.05) is 13.1 Å². The van der Waals surface area contributed by atoms with Crippen molar-refractivity contribution in [2.24, 2.45) is 0 Å². The SMILES string of the molecule is CC(Sc1nncn1Cc1ccco1)C(=O)N1CCOCC1. The van der Waals surface area contributed by atoms with Crippen molar-refractivity contribution in [3.63, 3.8) is 0 Å². The van der Waals surface area contributed by atoms with Gasteiger partial charge in [0.25, 0.3) is 0 Å². The third-order valence-electron chi connectivity index (χ3n) is 3.44. The second-order valence-corrected chi connectivity index (χ2v) is 6.33. The van der Waals surface area contributed by atoms with Gasteiger partial charge in [0.1, 0.15) is 12.1 Å². The molecule has 0 aromatic carbocycles. The van der Waals surface area contributed by atoms with Crippen LogP contribution in [0, 0.1) is 0 Å². The minimum Gasteiger partial charge on any atom is -0.467 e. The number of ether oxygens (including phenoxy) is 1. The maximum absolute atomic E-state index is 12.4. The first kappa shape index (κ1) is 15.1. The number of thioether (sulfide) groups is 1. The summed E-state index contributed by atoms with van der Waals surface area (Å²) in [5, 5.41) is 8.54. The van der Waals surface area contributed by atoms with Crippen molar-refractivity contribution in [1.82, 2.24) is 19.7 Å². The van der Waals surface area contributed by atoms with Crippen molar-refractivity contribution in [2.45, 2.75) is 23.9 Å². The van der Waals surface area contributed by atoms with E-state index >= 15 is 0 Å². The van der Waals surface area contributed by atoms with Crippen LogP contribution in [0.15, 0.2) is 34.3 Å². The van der Waals surface area contributed by atoms with Crippen LogP contribution in [0.2, 0.25) is 0 Å². The normalized spacial score (nSPS) is 16.7. The van der Waals surface area contributed by atoms with Crippen LogP contribution in [-0.4, -0.2) is 57.1 Å². The highest BCUT2D eigenvalue weighted by molar-refractivity contribution is 8.00. The van der Waals surface area contributed by atoms with E-state index in [0.29, 0.717) is 38.0 Å². The molecule has 3 rings (SSSR count). The van der Waals surface area contributed by atoms with E-state index in [4.69, 9.17) is 9.15 Å². The van der Waals surface area contributed by atoms with Gasteiger partial charge in [-0.25, -0.2) is 0 Å². The first-order chi connectivity index (χ1) is 10.7. The van der Waals surface area contributed by atoms with Crippen LogP contribution in [-0.2, 0) is 16.1 Å². The van der Waals surface area contributed by atoms with Crippen molar-refractivity contribution >= 4 is 17.7 Å². The highest BCUT2D eigenvalue weighted by Gasteiger charge is 2.24. The van der Waals surface area contributed by atoms with Crippen LogP contribution in [0.3, 0.4) is 0 Å². The Morgan fingerprint density at radius 1 is 1.45 bits per heavy atom. The number of morpholine rings is 1. The molecule has 1 atom stereocenters. The molecule has 0 bridgehead atoms. The lowest BCUT2D eigenvalue weighted by atomic mass is 10.3. The van der Waals surface area contributed by atoms with E-state index in [1.807, 2.05) is 28.5 Å². The van der Waals surface area contributed by atoms with E-state index in [0.717, 1.165) is 5.76 Å². The van der Waals surface area contributed by atoms with Gasteiger partial charge in [-0.3, -0.25) is 4.79 Å². The summed E-state index contributed by atoms with van der Waals surface area (Å²) in [5.41, 5.74) is 0. The fourth-order valence-electron chi connectivity index (χ4n) is 2.26. The first-order valence-electron chi connectivity index (χ1n) is 7.17. The van der Waals surface area contributed by atoms with Gasteiger partial charge in [-0.1, -0.05) is 11.8 Å². The van der Waals surface area contributed by atoms with E-state index < -0.39 is 0 Å². The number of carbonyl (C=O) groups excluding carboxylic acids is 1. The van der Waals surface area contributed by atoms with Crippen LogP contribution in [0.4, 0.5) is 0 Å². The Balaban J connectivity index is 1.62. The molecule has 1 fully saturated rings. The molecular formula is C14H18N4O3S. The van der Waals surface area contributed by atoms with Crippen LogP contribution >= 0.6 is 11.8 Å². The van der Waals surface area contributed by atoms with Gasteiger partial charge in [0.05, 0.1) is 31.3 Å². The Morgan fingerprint density at radius 3 is 3.00 bits per heavy atom. The van der Waals surface area contributed by atoms with Gasteiger partial charge in [-0.15, -0.1) is 10.2 Å². The highest BCUT2D eigenvalue weighted by atomic mass is 32.2. The van der Waals surface area contributed by atoms with E-state index in [9.17, 15) is 4.79 Å². The van der Waals surface area contributed by atoms with E-state index in [-0.39, 0.29) is 11.2 Å². The van der Waals surface area contributed by atoms with E-state index in [1.54, 1.807) is 12.6 Å². The number of rotatable bonds is 5. The number of aromatic nitrogens is 3.